The van der Waals surface area contributed by atoms with Crippen LogP contribution in [0.2, 0.25) is 0 Å². The topological polar surface area (TPSA) is 45.0 Å². The highest BCUT2D eigenvalue weighted by atomic mass is 19.3. The van der Waals surface area contributed by atoms with Crippen molar-refractivity contribution in [2.75, 3.05) is 5.32 Å². The van der Waals surface area contributed by atoms with Crippen molar-refractivity contribution >= 4 is 5.69 Å². The van der Waals surface area contributed by atoms with E-state index in [0.29, 0.717) is 5.56 Å². The summed E-state index contributed by atoms with van der Waals surface area (Å²) >= 11 is 0. The molecule has 1 unspecified atom stereocenters. The third-order valence-corrected chi connectivity index (χ3v) is 3.00. The van der Waals surface area contributed by atoms with Gasteiger partial charge in [-0.25, -0.2) is 0 Å². The quantitative estimate of drug-likeness (QED) is 0.890. The Hall–Kier alpha value is -2.61. The first-order chi connectivity index (χ1) is 10.1. The highest BCUT2D eigenvalue weighted by molar-refractivity contribution is 5.48. The van der Waals surface area contributed by atoms with E-state index in [9.17, 15) is 8.78 Å². The van der Waals surface area contributed by atoms with E-state index in [1.807, 2.05) is 19.1 Å². The Bertz CT molecular complexity index is 618. The fourth-order valence-corrected chi connectivity index (χ4v) is 1.91. The minimum absolute atomic E-state index is 0.0274. The van der Waals surface area contributed by atoms with E-state index < -0.39 is 6.61 Å². The number of anilines is 1. The van der Waals surface area contributed by atoms with Gasteiger partial charge in [0.2, 0.25) is 0 Å². The summed E-state index contributed by atoms with van der Waals surface area (Å²) in [5.41, 5.74) is 2.44. The molecule has 108 valence electrons. The van der Waals surface area contributed by atoms with E-state index in [0.717, 1.165) is 11.3 Å². The number of hydrogen-bond acceptors (Lipinski definition) is 3. The van der Waals surface area contributed by atoms with Crippen molar-refractivity contribution in [3.05, 3.63) is 59.7 Å². The standard InChI is InChI=1S/C16H14F2N2O/c1-11(13-4-2-12(10-19)3-5-13)20-14-6-8-15(9-7-14)21-16(17)18/h2-9,11,16,20H,1H3. The Morgan fingerprint density at radius 3 is 2.19 bits per heavy atom. The zero-order valence-electron chi connectivity index (χ0n) is 11.4. The fraction of sp³-hybridized carbons (Fsp3) is 0.188. The van der Waals surface area contributed by atoms with Gasteiger partial charge in [-0.3, -0.25) is 0 Å². The number of benzene rings is 2. The maximum Gasteiger partial charge on any atom is 0.387 e. The number of nitriles is 1. The van der Waals surface area contributed by atoms with Crippen molar-refractivity contribution in [3.63, 3.8) is 0 Å². The lowest BCUT2D eigenvalue weighted by molar-refractivity contribution is -0.0498. The zero-order chi connectivity index (χ0) is 15.2. The SMILES string of the molecule is CC(Nc1ccc(OC(F)F)cc1)c1ccc(C#N)cc1. The summed E-state index contributed by atoms with van der Waals surface area (Å²) in [6, 6.07) is 15.7. The average molecular weight is 288 g/mol. The lowest BCUT2D eigenvalue weighted by Gasteiger charge is -2.16. The average Bonchev–Trinajstić information content (AvgIpc) is 2.49. The van der Waals surface area contributed by atoms with E-state index in [1.165, 1.54) is 12.1 Å². The largest absolute Gasteiger partial charge is 0.435 e. The highest BCUT2D eigenvalue weighted by Gasteiger charge is 2.07. The summed E-state index contributed by atoms with van der Waals surface area (Å²) in [4.78, 5) is 0. The molecular weight excluding hydrogens is 274 g/mol. The number of nitrogens with one attached hydrogen (secondary N) is 1. The second-order valence-corrected chi connectivity index (χ2v) is 4.50. The molecule has 2 aromatic rings. The summed E-state index contributed by atoms with van der Waals surface area (Å²) in [6.07, 6.45) is 0. The van der Waals surface area contributed by atoms with Crippen LogP contribution in [0.1, 0.15) is 24.1 Å². The molecule has 1 N–H and O–H groups in total. The minimum atomic E-state index is -2.82. The van der Waals surface area contributed by atoms with Crippen molar-refractivity contribution in [2.45, 2.75) is 19.6 Å². The molecule has 0 spiro atoms. The first-order valence-corrected chi connectivity index (χ1v) is 6.40. The molecule has 0 aliphatic rings. The molecule has 0 bridgehead atoms. The van der Waals surface area contributed by atoms with Gasteiger partial charge in [0.25, 0.3) is 0 Å². The Labute approximate surface area is 121 Å². The molecule has 0 aliphatic carbocycles. The summed E-state index contributed by atoms with van der Waals surface area (Å²) in [5.74, 6) is 0.126. The van der Waals surface area contributed by atoms with Gasteiger partial charge in [0.05, 0.1) is 11.6 Å². The molecule has 2 rings (SSSR count). The Morgan fingerprint density at radius 2 is 1.67 bits per heavy atom. The van der Waals surface area contributed by atoms with Crippen molar-refractivity contribution in [2.24, 2.45) is 0 Å². The van der Waals surface area contributed by atoms with E-state index in [4.69, 9.17) is 5.26 Å². The van der Waals surface area contributed by atoms with Crippen molar-refractivity contribution in [1.29, 1.82) is 5.26 Å². The van der Waals surface area contributed by atoms with Crippen LogP contribution in [0.5, 0.6) is 5.75 Å². The van der Waals surface area contributed by atoms with E-state index in [2.05, 4.69) is 16.1 Å². The van der Waals surface area contributed by atoms with Crippen molar-refractivity contribution < 1.29 is 13.5 Å². The van der Waals surface area contributed by atoms with Gasteiger partial charge in [0.1, 0.15) is 5.75 Å². The third-order valence-electron chi connectivity index (χ3n) is 3.00. The van der Waals surface area contributed by atoms with Gasteiger partial charge in [-0.2, -0.15) is 14.0 Å². The van der Waals surface area contributed by atoms with Crippen LogP contribution < -0.4 is 10.1 Å². The lowest BCUT2D eigenvalue weighted by Crippen LogP contribution is -2.07. The van der Waals surface area contributed by atoms with Crippen molar-refractivity contribution in [1.82, 2.24) is 0 Å². The van der Waals surface area contributed by atoms with Crippen LogP contribution in [0.4, 0.5) is 14.5 Å². The molecule has 0 aromatic heterocycles. The van der Waals surface area contributed by atoms with Crippen LogP contribution in [0.3, 0.4) is 0 Å². The van der Waals surface area contributed by atoms with E-state index >= 15 is 0 Å². The molecule has 0 fully saturated rings. The predicted molar refractivity (Wildman–Crippen MR) is 76.3 cm³/mol. The summed E-state index contributed by atoms with van der Waals surface area (Å²) in [5, 5.41) is 12.0. The maximum atomic E-state index is 12.1. The first kappa shape index (κ1) is 14.8. The summed E-state index contributed by atoms with van der Waals surface area (Å²) in [6.45, 7) is -0.841. The third kappa shape index (κ3) is 4.18. The second kappa shape index (κ2) is 6.71. The predicted octanol–water partition coefficient (Wildman–Crippen LogP) is 4.33. The molecule has 21 heavy (non-hydrogen) atoms. The zero-order valence-corrected chi connectivity index (χ0v) is 11.4. The van der Waals surface area contributed by atoms with Gasteiger partial charge >= 0.3 is 6.61 Å². The van der Waals surface area contributed by atoms with Gasteiger partial charge < -0.3 is 10.1 Å². The van der Waals surface area contributed by atoms with Crippen LogP contribution in [0.15, 0.2) is 48.5 Å². The van der Waals surface area contributed by atoms with Gasteiger partial charge in [-0.05, 0) is 48.9 Å². The van der Waals surface area contributed by atoms with Crippen LogP contribution in [-0.4, -0.2) is 6.61 Å². The van der Waals surface area contributed by atoms with Gasteiger partial charge in [0, 0.05) is 11.7 Å². The number of halogens is 2. The summed E-state index contributed by atoms with van der Waals surface area (Å²) < 4.78 is 28.4. The van der Waals surface area contributed by atoms with Crippen LogP contribution in [0.25, 0.3) is 0 Å². The normalized spacial score (nSPS) is 11.8. The van der Waals surface area contributed by atoms with Gasteiger partial charge in [-0.15, -0.1) is 0 Å². The van der Waals surface area contributed by atoms with E-state index in [-0.39, 0.29) is 11.8 Å². The maximum absolute atomic E-state index is 12.1. The highest BCUT2D eigenvalue weighted by Crippen LogP contribution is 2.22. The molecule has 3 nitrogen and oxygen atoms in total. The second-order valence-electron chi connectivity index (χ2n) is 4.50. The molecule has 1 atom stereocenters. The molecule has 2 aromatic carbocycles. The monoisotopic (exact) mass is 288 g/mol. The van der Waals surface area contributed by atoms with Gasteiger partial charge in [0.15, 0.2) is 0 Å². The Kier molecular flexibility index (Phi) is 4.72. The lowest BCUT2D eigenvalue weighted by atomic mass is 10.1. The summed E-state index contributed by atoms with van der Waals surface area (Å²) in [7, 11) is 0. The van der Waals surface area contributed by atoms with Crippen LogP contribution >= 0.6 is 0 Å². The van der Waals surface area contributed by atoms with Crippen LogP contribution in [0, 0.1) is 11.3 Å². The molecular formula is C16H14F2N2O. The molecule has 0 radical (unpaired) electrons. The van der Waals surface area contributed by atoms with Gasteiger partial charge in [-0.1, -0.05) is 12.1 Å². The number of alkyl halides is 2. The fourth-order valence-electron chi connectivity index (χ4n) is 1.91. The molecule has 0 amide bonds. The smallest absolute Gasteiger partial charge is 0.387 e. The Morgan fingerprint density at radius 1 is 1.05 bits per heavy atom. The number of hydrogen-bond donors (Lipinski definition) is 1. The Balaban J connectivity index is 2.01. The number of rotatable bonds is 5. The van der Waals surface area contributed by atoms with Crippen LogP contribution in [-0.2, 0) is 0 Å². The number of ether oxygens (including phenoxy) is 1. The number of nitrogens with zero attached hydrogens (tertiary/aromatic N) is 1. The van der Waals surface area contributed by atoms with Crippen molar-refractivity contribution in [3.8, 4) is 11.8 Å². The molecule has 0 saturated carbocycles. The minimum Gasteiger partial charge on any atom is -0.435 e. The van der Waals surface area contributed by atoms with E-state index in [1.54, 1.807) is 24.3 Å². The first-order valence-electron chi connectivity index (χ1n) is 6.40. The molecule has 0 heterocycles. The molecule has 0 aliphatic heterocycles. The molecule has 0 saturated heterocycles. The molecule has 5 heteroatoms.